The van der Waals surface area contributed by atoms with Gasteiger partial charge < -0.3 is 16.4 Å². The number of hydrogen-bond acceptors (Lipinski definition) is 4. The van der Waals surface area contributed by atoms with E-state index < -0.39 is 6.04 Å². The number of carbonyl (C=O) groups excluding carboxylic acids is 2. The Bertz CT molecular complexity index is 724. The van der Waals surface area contributed by atoms with Crippen molar-refractivity contribution < 1.29 is 9.59 Å². The highest BCUT2D eigenvalue weighted by Crippen LogP contribution is 2.24. The van der Waals surface area contributed by atoms with E-state index in [-0.39, 0.29) is 30.3 Å². The summed E-state index contributed by atoms with van der Waals surface area (Å²) in [6.45, 7) is 0.579. The number of nitrogens with one attached hydrogen (secondary N) is 2. The van der Waals surface area contributed by atoms with Crippen LogP contribution in [0.15, 0.2) is 47.8 Å². The van der Waals surface area contributed by atoms with Gasteiger partial charge in [-0.25, -0.2) is 0 Å². The fourth-order valence-electron chi connectivity index (χ4n) is 3.49. The third kappa shape index (κ3) is 5.79. The maximum absolute atomic E-state index is 12.9. The molecule has 0 bridgehead atoms. The summed E-state index contributed by atoms with van der Waals surface area (Å²) in [6, 6.07) is 12.8. The van der Waals surface area contributed by atoms with Gasteiger partial charge in [0, 0.05) is 12.5 Å². The summed E-state index contributed by atoms with van der Waals surface area (Å²) in [5, 5.41) is 7.88. The molecular weight excluding hydrogens is 382 g/mol. The van der Waals surface area contributed by atoms with Crippen molar-refractivity contribution in [3.63, 3.8) is 0 Å². The van der Waals surface area contributed by atoms with Crippen LogP contribution in [0, 0.1) is 5.92 Å². The van der Waals surface area contributed by atoms with Crippen LogP contribution >= 0.6 is 23.7 Å². The summed E-state index contributed by atoms with van der Waals surface area (Å²) in [5.41, 5.74) is 6.84. The molecule has 146 valence electrons. The van der Waals surface area contributed by atoms with E-state index in [1.807, 2.05) is 41.8 Å². The molecule has 1 aromatic heterocycles. The van der Waals surface area contributed by atoms with E-state index >= 15 is 0 Å². The number of halogens is 1. The molecule has 0 saturated heterocycles. The first-order chi connectivity index (χ1) is 12.7. The minimum absolute atomic E-state index is 0. The molecule has 0 spiro atoms. The molecule has 0 aliphatic heterocycles. The summed E-state index contributed by atoms with van der Waals surface area (Å²) in [6.07, 6.45) is 3.54. The van der Waals surface area contributed by atoms with Gasteiger partial charge in [0.25, 0.3) is 5.91 Å². The zero-order chi connectivity index (χ0) is 18.4. The smallest absolute Gasteiger partial charge is 0.262 e. The molecule has 27 heavy (non-hydrogen) atoms. The molecule has 2 amide bonds. The van der Waals surface area contributed by atoms with E-state index in [4.69, 9.17) is 5.73 Å². The van der Waals surface area contributed by atoms with E-state index in [0.717, 1.165) is 24.8 Å². The Morgan fingerprint density at radius 3 is 2.59 bits per heavy atom. The Hall–Kier alpha value is -1.89. The van der Waals surface area contributed by atoms with Gasteiger partial charge in [-0.15, -0.1) is 23.7 Å². The van der Waals surface area contributed by atoms with Gasteiger partial charge >= 0.3 is 0 Å². The van der Waals surface area contributed by atoms with Crippen molar-refractivity contribution in [1.82, 2.24) is 10.6 Å². The zero-order valence-corrected chi connectivity index (χ0v) is 16.7. The molecule has 1 aliphatic carbocycles. The maximum atomic E-state index is 12.9. The van der Waals surface area contributed by atoms with Gasteiger partial charge in [-0.3, -0.25) is 9.59 Å². The van der Waals surface area contributed by atoms with Crippen molar-refractivity contribution in [2.24, 2.45) is 11.7 Å². The first-order valence-electron chi connectivity index (χ1n) is 9.06. The van der Waals surface area contributed by atoms with Crippen LogP contribution < -0.4 is 16.4 Å². The molecule has 3 unspecified atom stereocenters. The van der Waals surface area contributed by atoms with Gasteiger partial charge in [-0.1, -0.05) is 42.8 Å². The normalized spacial score (nSPS) is 19.7. The lowest BCUT2D eigenvalue weighted by molar-refractivity contribution is -0.123. The number of amides is 2. The monoisotopic (exact) mass is 407 g/mol. The molecule has 0 radical (unpaired) electrons. The molecule has 1 fully saturated rings. The summed E-state index contributed by atoms with van der Waals surface area (Å²) < 4.78 is 0. The van der Waals surface area contributed by atoms with Crippen LogP contribution in [-0.2, 0) is 11.2 Å². The van der Waals surface area contributed by atoms with Crippen molar-refractivity contribution in [3.05, 3.63) is 58.3 Å². The highest BCUT2D eigenvalue weighted by molar-refractivity contribution is 7.12. The van der Waals surface area contributed by atoms with Crippen molar-refractivity contribution in [3.8, 4) is 0 Å². The summed E-state index contributed by atoms with van der Waals surface area (Å²) in [5.74, 6) is -0.0219. The van der Waals surface area contributed by atoms with Gasteiger partial charge in [0.05, 0.1) is 4.88 Å². The van der Waals surface area contributed by atoms with Gasteiger partial charge in [0.15, 0.2) is 0 Å². The topological polar surface area (TPSA) is 84.2 Å². The van der Waals surface area contributed by atoms with Crippen LogP contribution in [0.25, 0.3) is 0 Å². The minimum atomic E-state index is -0.606. The SMILES string of the molecule is Cl.NCC1CCCC1NC(=O)C(Cc1ccccc1)NC(=O)c1cccs1. The first kappa shape index (κ1) is 21.4. The van der Waals surface area contributed by atoms with E-state index in [1.165, 1.54) is 11.3 Å². The Balaban J connectivity index is 0.00000261. The molecule has 1 aromatic carbocycles. The quantitative estimate of drug-likeness (QED) is 0.659. The Labute approximate surface area is 170 Å². The Morgan fingerprint density at radius 1 is 1.15 bits per heavy atom. The Kier molecular flexibility index (Phi) is 8.28. The lowest BCUT2D eigenvalue weighted by Gasteiger charge is -2.24. The number of hydrogen-bond donors (Lipinski definition) is 3. The van der Waals surface area contributed by atoms with Crippen LogP contribution in [0.1, 0.15) is 34.5 Å². The average molecular weight is 408 g/mol. The number of thiophene rings is 1. The highest BCUT2D eigenvalue weighted by Gasteiger charge is 2.30. The molecule has 4 N–H and O–H groups in total. The summed E-state index contributed by atoms with van der Waals surface area (Å²) in [4.78, 5) is 26.0. The maximum Gasteiger partial charge on any atom is 0.262 e. The number of carbonyl (C=O) groups is 2. The molecule has 5 nitrogen and oxygen atoms in total. The minimum Gasteiger partial charge on any atom is -0.351 e. The van der Waals surface area contributed by atoms with Crippen LogP contribution in [-0.4, -0.2) is 30.4 Å². The molecule has 1 saturated carbocycles. The van der Waals surface area contributed by atoms with Crippen molar-refractivity contribution in [2.45, 2.75) is 37.8 Å². The number of benzene rings is 1. The van der Waals surface area contributed by atoms with Crippen LogP contribution in [0.2, 0.25) is 0 Å². The van der Waals surface area contributed by atoms with Crippen molar-refractivity contribution >= 4 is 35.6 Å². The molecule has 1 heterocycles. The number of nitrogens with two attached hydrogens (primary N) is 1. The van der Waals surface area contributed by atoms with Gasteiger partial charge in [0.1, 0.15) is 6.04 Å². The third-order valence-corrected chi connectivity index (χ3v) is 5.81. The van der Waals surface area contributed by atoms with Crippen molar-refractivity contribution in [2.75, 3.05) is 6.54 Å². The fourth-order valence-corrected chi connectivity index (χ4v) is 4.12. The van der Waals surface area contributed by atoms with Gasteiger partial charge in [-0.2, -0.15) is 0 Å². The fraction of sp³-hybridized carbons (Fsp3) is 0.400. The molecule has 3 rings (SSSR count). The van der Waals surface area contributed by atoms with Crippen LogP contribution in [0.5, 0.6) is 0 Å². The molecule has 3 atom stereocenters. The predicted molar refractivity (Wildman–Crippen MR) is 111 cm³/mol. The van der Waals surface area contributed by atoms with E-state index in [0.29, 0.717) is 23.8 Å². The second-order valence-corrected chi connectivity index (χ2v) is 7.68. The largest absolute Gasteiger partial charge is 0.351 e. The van der Waals surface area contributed by atoms with Crippen molar-refractivity contribution in [1.29, 1.82) is 0 Å². The van der Waals surface area contributed by atoms with Crippen LogP contribution in [0.3, 0.4) is 0 Å². The Morgan fingerprint density at radius 2 is 1.93 bits per heavy atom. The average Bonchev–Trinajstić information content (AvgIpc) is 3.33. The van der Waals surface area contributed by atoms with Crippen LogP contribution in [0.4, 0.5) is 0 Å². The lowest BCUT2D eigenvalue weighted by atomic mass is 10.0. The highest BCUT2D eigenvalue weighted by atomic mass is 35.5. The molecule has 2 aromatic rings. The predicted octanol–water partition coefficient (Wildman–Crippen LogP) is 2.75. The lowest BCUT2D eigenvalue weighted by Crippen LogP contribution is -2.51. The van der Waals surface area contributed by atoms with Gasteiger partial charge in [0.2, 0.25) is 5.91 Å². The van der Waals surface area contributed by atoms with Gasteiger partial charge in [-0.05, 0) is 42.3 Å². The van der Waals surface area contributed by atoms with E-state index in [9.17, 15) is 9.59 Å². The second kappa shape index (κ2) is 10.4. The molecular formula is C20H26ClN3O2S. The van der Waals surface area contributed by atoms with E-state index in [1.54, 1.807) is 6.07 Å². The number of rotatable bonds is 7. The summed E-state index contributed by atoms with van der Waals surface area (Å²) in [7, 11) is 0. The zero-order valence-electron chi connectivity index (χ0n) is 15.1. The molecule has 7 heteroatoms. The van der Waals surface area contributed by atoms with E-state index in [2.05, 4.69) is 10.6 Å². The summed E-state index contributed by atoms with van der Waals surface area (Å²) >= 11 is 1.37. The molecule has 1 aliphatic rings. The standard InChI is InChI=1S/C20H25N3O2S.ClH/c21-13-15-8-4-9-16(15)22-19(24)17(12-14-6-2-1-3-7-14)23-20(25)18-10-5-11-26-18;/h1-3,5-7,10-11,15-17H,4,8-9,12-13,21H2,(H,22,24)(H,23,25);1H. The third-order valence-electron chi connectivity index (χ3n) is 4.94. The second-order valence-electron chi connectivity index (χ2n) is 6.73. The first-order valence-corrected chi connectivity index (χ1v) is 9.94.